The molecule has 0 amide bonds. The average molecular weight is 329 g/mol. The second-order valence-corrected chi connectivity index (χ2v) is 6.70. The van der Waals surface area contributed by atoms with E-state index in [2.05, 4.69) is 0 Å². The Morgan fingerprint density at radius 2 is 2.10 bits per heavy atom. The molecule has 0 saturated heterocycles. The van der Waals surface area contributed by atoms with Crippen molar-refractivity contribution >= 4 is 45.6 Å². The van der Waals surface area contributed by atoms with Crippen molar-refractivity contribution in [2.75, 3.05) is 0 Å². The SMILES string of the molecule is Cn1c(=O)oc2cc(C(N)c3cc(Cl)sc3Cl)ccc21. The molecule has 4 nitrogen and oxygen atoms in total. The fraction of sp³-hybridized carbons (Fsp3) is 0.154. The molecule has 0 aliphatic rings. The second kappa shape index (κ2) is 4.93. The topological polar surface area (TPSA) is 61.2 Å². The molecule has 2 aromatic heterocycles. The van der Waals surface area contributed by atoms with Gasteiger partial charge in [0.2, 0.25) is 0 Å². The number of hydrogen-bond acceptors (Lipinski definition) is 4. The normalized spacial score (nSPS) is 13.0. The summed E-state index contributed by atoms with van der Waals surface area (Å²) in [5, 5.41) is 0. The van der Waals surface area contributed by atoms with Gasteiger partial charge in [-0.15, -0.1) is 11.3 Å². The quantitative estimate of drug-likeness (QED) is 0.782. The van der Waals surface area contributed by atoms with Gasteiger partial charge in [-0.25, -0.2) is 4.79 Å². The molecule has 1 aromatic carbocycles. The molecule has 0 aliphatic carbocycles. The molecule has 0 radical (unpaired) electrons. The molecule has 3 rings (SSSR count). The third kappa shape index (κ3) is 2.16. The molecule has 0 spiro atoms. The van der Waals surface area contributed by atoms with Crippen molar-refractivity contribution in [3.8, 4) is 0 Å². The van der Waals surface area contributed by atoms with Crippen LogP contribution in [-0.4, -0.2) is 4.57 Å². The number of fused-ring (bicyclic) bond motifs is 1. The van der Waals surface area contributed by atoms with Gasteiger partial charge in [0.25, 0.3) is 0 Å². The van der Waals surface area contributed by atoms with Crippen LogP contribution >= 0.6 is 34.5 Å². The number of thiophene rings is 1. The lowest BCUT2D eigenvalue weighted by Crippen LogP contribution is -2.11. The first kappa shape index (κ1) is 13.7. The molecule has 20 heavy (non-hydrogen) atoms. The zero-order chi connectivity index (χ0) is 14.4. The van der Waals surface area contributed by atoms with Gasteiger partial charge in [-0.3, -0.25) is 4.57 Å². The lowest BCUT2D eigenvalue weighted by atomic mass is 10.0. The highest BCUT2D eigenvalue weighted by atomic mass is 35.5. The Bertz CT molecular complexity index is 850. The van der Waals surface area contributed by atoms with Crippen molar-refractivity contribution in [1.29, 1.82) is 0 Å². The summed E-state index contributed by atoms with van der Waals surface area (Å²) in [4.78, 5) is 11.5. The van der Waals surface area contributed by atoms with Crippen LogP contribution in [0.15, 0.2) is 33.5 Å². The van der Waals surface area contributed by atoms with Gasteiger partial charge in [-0.1, -0.05) is 29.3 Å². The van der Waals surface area contributed by atoms with Crippen molar-refractivity contribution in [3.05, 3.63) is 54.6 Å². The van der Waals surface area contributed by atoms with Gasteiger partial charge in [-0.2, -0.15) is 0 Å². The number of aromatic nitrogens is 1. The number of benzene rings is 1. The van der Waals surface area contributed by atoms with E-state index < -0.39 is 11.8 Å². The van der Waals surface area contributed by atoms with E-state index in [4.69, 9.17) is 33.4 Å². The molecule has 1 unspecified atom stereocenters. The predicted molar refractivity (Wildman–Crippen MR) is 81.8 cm³/mol. The number of hydrogen-bond donors (Lipinski definition) is 1. The van der Waals surface area contributed by atoms with Gasteiger partial charge >= 0.3 is 5.76 Å². The summed E-state index contributed by atoms with van der Waals surface area (Å²) in [5.41, 5.74) is 9.00. The van der Waals surface area contributed by atoms with E-state index >= 15 is 0 Å². The molecule has 2 heterocycles. The number of halogens is 2. The summed E-state index contributed by atoms with van der Waals surface area (Å²) in [6.07, 6.45) is 0. The van der Waals surface area contributed by atoms with Gasteiger partial charge in [0.15, 0.2) is 5.58 Å². The van der Waals surface area contributed by atoms with Crippen LogP contribution in [0.1, 0.15) is 17.2 Å². The summed E-state index contributed by atoms with van der Waals surface area (Å²) >= 11 is 13.3. The zero-order valence-electron chi connectivity index (χ0n) is 10.4. The summed E-state index contributed by atoms with van der Waals surface area (Å²) in [5.74, 6) is -0.401. The molecule has 0 fully saturated rings. The predicted octanol–water partition coefficient (Wildman–Crippen LogP) is 3.55. The van der Waals surface area contributed by atoms with Crippen molar-refractivity contribution in [3.63, 3.8) is 0 Å². The third-order valence-corrected chi connectivity index (χ3v) is 4.71. The lowest BCUT2D eigenvalue weighted by Gasteiger charge is -2.11. The standard InChI is InChI=1S/C13H10Cl2N2O2S/c1-17-8-3-2-6(4-9(8)19-13(17)18)11(16)7-5-10(14)20-12(7)15/h2-5,11H,16H2,1H3. The van der Waals surface area contributed by atoms with Crippen molar-refractivity contribution in [2.45, 2.75) is 6.04 Å². The number of rotatable bonds is 2. The fourth-order valence-electron chi connectivity index (χ4n) is 2.09. The van der Waals surface area contributed by atoms with E-state index in [0.29, 0.717) is 14.3 Å². The Morgan fingerprint density at radius 1 is 1.35 bits per heavy atom. The van der Waals surface area contributed by atoms with Crippen molar-refractivity contribution in [2.24, 2.45) is 12.8 Å². The first-order valence-electron chi connectivity index (χ1n) is 5.77. The smallest absolute Gasteiger partial charge is 0.408 e. The van der Waals surface area contributed by atoms with Crippen LogP contribution < -0.4 is 11.5 Å². The number of aryl methyl sites for hydroxylation is 1. The molecular formula is C13H10Cl2N2O2S. The number of nitrogens with zero attached hydrogens (tertiary/aromatic N) is 1. The highest BCUT2D eigenvalue weighted by Gasteiger charge is 2.17. The highest BCUT2D eigenvalue weighted by molar-refractivity contribution is 7.20. The van der Waals surface area contributed by atoms with E-state index in [0.717, 1.165) is 16.6 Å². The summed E-state index contributed by atoms with van der Waals surface area (Å²) in [6.45, 7) is 0. The maximum Gasteiger partial charge on any atom is 0.419 e. The van der Waals surface area contributed by atoms with Crippen LogP contribution in [0, 0.1) is 0 Å². The highest BCUT2D eigenvalue weighted by Crippen LogP contribution is 2.36. The molecule has 1 atom stereocenters. The molecule has 104 valence electrons. The first-order valence-corrected chi connectivity index (χ1v) is 7.34. The van der Waals surface area contributed by atoms with Crippen LogP contribution in [0.4, 0.5) is 0 Å². The van der Waals surface area contributed by atoms with E-state index in [1.165, 1.54) is 15.9 Å². The summed E-state index contributed by atoms with van der Waals surface area (Å²) in [6, 6.07) is 6.75. The fourth-order valence-corrected chi connectivity index (χ4v) is 3.64. The maximum atomic E-state index is 11.5. The molecule has 7 heteroatoms. The van der Waals surface area contributed by atoms with E-state index in [1.807, 2.05) is 6.07 Å². The second-order valence-electron chi connectivity index (χ2n) is 4.41. The van der Waals surface area contributed by atoms with Gasteiger partial charge in [0, 0.05) is 12.6 Å². The number of oxazole rings is 1. The van der Waals surface area contributed by atoms with Crippen LogP contribution in [0.25, 0.3) is 11.1 Å². The minimum atomic E-state index is -0.416. The van der Waals surface area contributed by atoms with Crippen LogP contribution in [0.3, 0.4) is 0 Å². The monoisotopic (exact) mass is 328 g/mol. The first-order chi connectivity index (χ1) is 9.47. The van der Waals surface area contributed by atoms with Crippen LogP contribution in [0.2, 0.25) is 8.67 Å². The van der Waals surface area contributed by atoms with Crippen molar-refractivity contribution < 1.29 is 4.42 Å². The average Bonchev–Trinajstić information content (AvgIpc) is 2.89. The maximum absolute atomic E-state index is 11.5. The molecular weight excluding hydrogens is 319 g/mol. The van der Waals surface area contributed by atoms with Gasteiger partial charge in [-0.05, 0) is 23.8 Å². The lowest BCUT2D eigenvalue weighted by molar-refractivity contribution is 0.527. The third-order valence-electron chi connectivity index (χ3n) is 3.19. The van der Waals surface area contributed by atoms with Crippen LogP contribution in [-0.2, 0) is 7.05 Å². The molecule has 2 N–H and O–H groups in total. The van der Waals surface area contributed by atoms with Gasteiger partial charge in [0.1, 0.15) is 0 Å². The van der Waals surface area contributed by atoms with E-state index in [1.54, 1.807) is 25.2 Å². The Morgan fingerprint density at radius 3 is 2.75 bits per heavy atom. The summed E-state index contributed by atoms with van der Waals surface area (Å²) < 4.78 is 7.76. The summed E-state index contributed by atoms with van der Waals surface area (Å²) in [7, 11) is 1.66. The molecule has 0 aliphatic heterocycles. The Labute approximate surface area is 128 Å². The van der Waals surface area contributed by atoms with Gasteiger partial charge in [0.05, 0.1) is 20.2 Å². The van der Waals surface area contributed by atoms with E-state index in [-0.39, 0.29) is 0 Å². The largest absolute Gasteiger partial charge is 0.419 e. The van der Waals surface area contributed by atoms with Gasteiger partial charge < -0.3 is 10.2 Å². The zero-order valence-corrected chi connectivity index (χ0v) is 12.7. The molecule has 0 saturated carbocycles. The van der Waals surface area contributed by atoms with E-state index in [9.17, 15) is 4.79 Å². The molecule has 0 bridgehead atoms. The molecule has 3 aromatic rings. The Hall–Kier alpha value is -1.27. The Kier molecular flexibility index (Phi) is 3.38. The minimum absolute atomic E-state index is 0.401. The Balaban J connectivity index is 2.10. The number of nitrogens with two attached hydrogens (primary N) is 1. The minimum Gasteiger partial charge on any atom is -0.408 e. The van der Waals surface area contributed by atoms with Crippen molar-refractivity contribution in [1.82, 2.24) is 4.57 Å². The van der Waals surface area contributed by atoms with Crippen LogP contribution in [0.5, 0.6) is 0 Å².